The normalized spacial score (nSPS) is 17.7. The first-order chi connectivity index (χ1) is 24.8. The van der Waals surface area contributed by atoms with Gasteiger partial charge < -0.3 is 19.4 Å². The Morgan fingerprint density at radius 3 is 2.71 bits per heavy atom. The molecule has 1 N–H and O–H groups in total. The first-order valence-electron chi connectivity index (χ1n) is 16.9. The summed E-state index contributed by atoms with van der Waals surface area (Å²) in [5.74, 6) is 0.623. The van der Waals surface area contributed by atoms with Gasteiger partial charge in [0.25, 0.3) is 5.91 Å². The maximum atomic E-state index is 15.3. The second-order valence-electron chi connectivity index (χ2n) is 13.2. The van der Waals surface area contributed by atoms with Gasteiger partial charge in [0.05, 0.1) is 51.4 Å². The molecule has 1 aliphatic carbocycles. The summed E-state index contributed by atoms with van der Waals surface area (Å²) < 4.78 is 41.2. The van der Waals surface area contributed by atoms with Crippen molar-refractivity contribution < 1.29 is 22.7 Å². The highest BCUT2D eigenvalue weighted by molar-refractivity contribution is 7.23. The van der Waals surface area contributed by atoms with Crippen LogP contribution >= 0.6 is 22.9 Å². The van der Waals surface area contributed by atoms with Gasteiger partial charge in [-0.2, -0.15) is 0 Å². The molecule has 6 heterocycles. The van der Waals surface area contributed by atoms with Gasteiger partial charge in [0.15, 0.2) is 11.6 Å². The van der Waals surface area contributed by atoms with Gasteiger partial charge in [-0.15, -0.1) is 21.5 Å². The van der Waals surface area contributed by atoms with E-state index in [1.54, 1.807) is 31.3 Å². The Hall–Kier alpha value is -4.94. The zero-order chi connectivity index (χ0) is 35.0. The average Bonchev–Trinajstić information content (AvgIpc) is 3.96. The zero-order valence-corrected chi connectivity index (χ0v) is 29.3. The Labute approximate surface area is 300 Å². The number of aromatic nitrogens is 4. The third-order valence-corrected chi connectivity index (χ3v) is 11.7. The summed E-state index contributed by atoms with van der Waals surface area (Å²) in [5, 5.41) is 13.3. The lowest BCUT2D eigenvalue weighted by Gasteiger charge is -2.17. The minimum Gasteiger partial charge on any atom is -0.492 e. The van der Waals surface area contributed by atoms with Crippen molar-refractivity contribution in [1.82, 2.24) is 25.1 Å². The lowest BCUT2D eigenvalue weighted by atomic mass is 9.93. The molecule has 2 aromatic carbocycles. The number of hydrogen-bond acceptors (Lipinski definition) is 9. The highest BCUT2D eigenvalue weighted by atomic mass is 35.5. The number of benzene rings is 2. The summed E-state index contributed by atoms with van der Waals surface area (Å²) in [6.07, 6.45) is 5.80. The van der Waals surface area contributed by atoms with Crippen molar-refractivity contribution >= 4 is 44.7 Å². The Kier molecular flexibility index (Phi) is 7.77. The molecule has 1 saturated heterocycles. The summed E-state index contributed by atoms with van der Waals surface area (Å²) >= 11 is 7.92. The van der Waals surface area contributed by atoms with Crippen LogP contribution in [0.1, 0.15) is 75.7 Å². The standard InChI is InChI=1S/C38H31ClF2N6O3S/c1-18-45-46-37(50-18)29-26(11-7-19-5-8-21(40)9-6-19)43-33-27-4-3-15-47(27)38(48)31(33)30(29)28-16-20-13-14-42-36(35(20)51-28)44-25-12-10-22-23(25)17-24(39)34(49-2)32(22)41/h5-6,8-9,13-14,16-17,25,27H,3-4,7,10-12,15H2,1-2H3,(H,42,44)/t25-,27-/m1/s1. The number of anilines is 1. The number of methoxy groups -OCH3 is 1. The summed E-state index contributed by atoms with van der Waals surface area (Å²) in [5.41, 5.74) is 5.76. The van der Waals surface area contributed by atoms with Crippen LogP contribution in [0.15, 0.2) is 53.1 Å². The number of pyridine rings is 2. The fourth-order valence-corrected chi connectivity index (χ4v) is 9.32. The second-order valence-corrected chi connectivity index (χ2v) is 14.6. The number of nitrogens with one attached hydrogen (secondary N) is 1. The van der Waals surface area contributed by atoms with Crippen LogP contribution in [0.4, 0.5) is 14.6 Å². The summed E-state index contributed by atoms with van der Waals surface area (Å²) in [4.78, 5) is 26.9. The number of halogens is 3. The number of carbonyl (C=O) groups is 1. The monoisotopic (exact) mass is 724 g/mol. The summed E-state index contributed by atoms with van der Waals surface area (Å²) in [6.45, 7) is 2.40. The van der Waals surface area contributed by atoms with Gasteiger partial charge in [0.2, 0.25) is 11.8 Å². The van der Waals surface area contributed by atoms with Gasteiger partial charge in [0.1, 0.15) is 11.6 Å². The molecule has 51 heavy (non-hydrogen) atoms. The molecule has 258 valence electrons. The predicted molar refractivity (Wildman–Crippen MR) is 190 cm³/mol. The summed E-state index contributed by atoms with van der Waals surface area (Å²) in [6, 6.07) is 11.9. The molecule has 0 spiro atoms. The smallest absolute Gasteiger partial charge is 0.257 e. The number of fused-ring (bicyclic) bond motifs is 5. The molecular weight excluding hydrogens is 694 g/mol. The molecule has 4 aromatic heterocycles. The topological polar surface area (TPSA) is 106 Å². The number of hydrogen-bond donors (Lipinski definition) is 1. The molecule has 6 aromatic rings. The number of amides is 1. The molecule has 0 unspecified atom stereocenters. The van der Waals surface area contributed by atoms with E-state index in [4.69, 9.17) is 30.7 Å². The van der Waals surface area contributed by atoms with Gasteiger partial charge in [-0.1, -0.05) is 23.7 Å². The van der Waals surface area contributed by atoms with Crippen molar-refractivity contribution in [3.63, 3.8) is 0 Å². The van der Waals surface area contributed by atoms with Crippen molar-refractivity contribution in [2.24, 2.45) is 0 Å². The number of rotatable bonds is 8. The number of nitrogens with zero attached hydrogens (tertiary/aromatic N) is 5. The lowest BCUT2D eigenvalue weighted by Crippen LogP contribution is -2.22. The van der Waals surface area contributed by atoms with Crippen LogP contribution in [0.25, 0.3) is 32.0 Å². The van der Waals surface area contributed by atoms with Crippen molar-refractivity contribution in [3.8, 4) is 27.6 Å². The zero-order valence-electron chi connectivity index (χ0n) is 27.7. The minimum atomic E-state index is -0.426. The number of aryl methyl sites for hydroxylation is 3. The molecule has 9 nitrogen and oxygen atoms in total. The molecule has 3 aliphatic rings. The fourth-order valence-electron chi connectivity index (χ4n) is 7.88. The molecule has 9 rings (SSSR count). The van der Waals surface area contributed by atoms with Gasteiger partial charge >= 0.3 is 0 Å². The second kappa shape index (κ2) is 12.4. The van der Waals surface area contributed by atoms with Crippen molar-refractivity contribution in [1.29, 1.82) is 0 Å². The van der Waals surface area contributed by atoms with Gasteiger partial charge in [-0.05, 0) is 90.9 Å². The molecule has 0 saturated carbocycles. The van der Waals surface area contributed by atoms with Crippen LogP contribution in [0.2, 0.25) is 5.02 Å². The van der Waals surface area contributed by atoms with Crippen molar-refractivity contribution in [2.75, 3.05) is 19.0 Å². The fraction of sp³-hybridized carbons (Fsp3) is 0.289. The maximum Gasteiger partial charge on any atom is 0.257 e. The third kappa shape index (κ3) is 5.26. The van der Waals surface area contributed by atoms with Crippen molar-refractivity contribution in [2.45, 2.75) is 57.5 Å². The number of carbonyl (C=O) groups excluding carboxylic acids is 1. The van der Waals surface area contributed by atoms with Gasteiger partial charge in [-0.25, -0.2) is 13.8 Å². The summed E-state index contributed by atoms with van der Waals surface area (Å²) in [7, 11) is 1.41. The first kappa shape index (κ1) is 32.0. The maximum absolute atomic E-state index is 15.3. The molecule has 1 amide bonds. The number of ether oxygens (including phenoxy) is 1. The van der Waals surface area contributed by atoms with Crippen molar-refractivity contribution in [3.05, 3.63) is 105 Å². The van der Waals surface area contributed by atoms with E-state index in [1.165, 1.54) is 30.6 Å². The molecule has 1 fully saturated rings. The van der Waals surface area contributed by atoms with Crippen LogP contribution < -0.4 is 10.1 Å². The van der Waals surface area contributed by atoms with Gasteiger partial charge in [0, 0.05) is 30.1 Å². The highest BCUT2D eigenvalue weighted by Crippen LogP contribution is 2.51. The molecular formula is C38H31ClF2N6O3S. The minimum absolute atomic E-state index is 0.0524. The Morgan fingerprint density at radius 2 is 1.92 bits per heavy atom. The van der Waals surface area contributed by atoms with Crippen LogP contribution in [-0.4, -0.2) is 44.6 Å². The molecule has 0 bridgehead atoms. The quantitative estimate of drug-likeness (QED) is 0.166. The molecule has 2 atom stereocenters. The third-order valence-electron chi connectivity index (χ3n) is 10.2. The molecule has 0 radical (unpaired) electrons. The Morgan fingerprint density at radius 1 is 1.08 bits per heavy atom. The van der Waals surface area contributed by atoms with E-state index in [2.05, 4.69) is 21.6 Å². The first-order valence-corrected chi connectivity index (χ1v) is 18.1. The number of thiophene rings is 1. The Balaban J connectivity index is 1.19. The highest BCUT2D eigenvalue weighted by Gasteiger charge is 2.45. The van der Waals surface area contributed by atoms with E-state index < -0.39 is 5.82 Å². The van der Waals surface area contributed by atoms with Crippen LogP contribution in [-0.2, 0) is 19.3 Å². The largest absolute Gasteiger partial charge is 0.492 e. The molecule has 13 heteroatoms. The molecule has 2 aliphatic heterocycles. The van der Waals surface area contributed by atoms with E-state index in [1.807, 2.05) is 11.0 Å². The lowest BCUT2D eigenvalue weighted by molar-refractivity contribution is 0.0776. The van der Waals surface area contributed by atoms with E-state index in [9.17, 15) is 9.18 Å². The average molecular weight is 725 g/mol. The van der Waals surface area contributed by atoms with E-state index >= 15 is 4.39 Å². The van der Waals surface area contributed by atoms with E-state index in [-0.39, 0.29) is 40.5 Å². The SMILES string of the molecule is COc1c(Cl)cc2c(c1F)CC[C@H]2Nc1nccc2cc(-c3c4c(nc(CCc5ccc(F)cc5)c3-c3nnc(C)o3)[C@H]3CCCN3C4=O)sc12. The van der Waals surface area contributed by atoms with Crippen LogP contribution in [0.5, 0.6) is 5.75 Å². The van der Waals surface area contributed by atoms with E-state index in [0.717, 1.165) is 55.9 Å². The van der Waals surface area contributed by atoms with Gasteiger partial charge in [-0.3, -0.25) is 9.78 Å². The van der Waals surface area contributed by atoms with Crippen LogP contribution in [0.3, 0.4) is 0 Å². The van der Waals surface area contributed by atoms with Crippen LogP contribution in [0, 0.1) is 18.6 Å². The Bertz CT molecular complexity index is 2380. The predicted octanol–water partition coefficient (Wildman–Crippen LogP) is 8.83. The van der Waals surface area contributed by atoms with E-state index in [0.29, 0.717) is 60.6 Å².